The van der Waals surface area contributed by atoms with Crippen molar-refractivity contribution >= 4 is 16.7 Å². The Bertz CT molecular complexity index is 604. The summed E-state index contributed by atoms with van der Waals surface area (Å²) in [4.78, 5) is 15.8. The third-order valence-electron chi connectivity index (χ3n) is 2.83. The van der Waals surface area contributed by atoms with Gasteiger partial charge in [-0.25, -0.2) is 9.80 Å². The molecule has 3 rings (SSSR count). The van der Waals surface area contributed by atoms with E-state index in [0.29, 0.717) is 6.54 Å². The number of likely N-dealkylation sites (N-methyl/N-ethyl adjacent to an activating group) is 1. The maximum absolute atomic E-state index is 11.8. The van der Waals surface area contributed by atoms with E-state index >= 15 is 0 Å². The molecule has 0 unspecified atom stereocenters. The van der Waals surface area contributed by atoms with Crippen molar-refractivity contribution < 1.29 is 0 Å². The molecule has 1 aromatic heterocycles. The highest BCUT2D eigenvalue weighted by Crippen LogP contribution is 2.21. The third kappa shape index (κ3) is 1.29. The summed E-state index contributed by atoms with van der Waals surface area (Å²) in [6.45, 7) is 1.47. The predicted molar refractivity (Wildman–Crippen MR) is 62.3 cm³/mol. The second kappa shape index (κ2) is 3.31. The van der Waals surface area contributed by atoms with E-state index in [1.54, 1.807) is 4.57 Å². The van der Waals surface area contributed by atoms with E-state index < -0.39 is 0 Å². The summed E-state index contributed by atoms with van der Waals surface area (Å²) >= 11 is 0. The van der Waals surface area contributed by atoms with Gasteiger partial charge < -0.3 is 5.43 Å². The van der Waals surface area contributed by atoms with Gasteiger partial charge in [0.1, 0.15) is 5.82 Å². The molecule has 16 heavy (non-hydrogen) atoms. The molecule has 0 radical (unpaired) electrons. The zero-order valence-corrected chi connectivity index (χ0v) is 8.97. The topological polar surface area (TPSA) is 50.2 Å². The van der Waals surface area contributed by atoms with Crippen LogP contribution in [-0.4, -0.2) is 28.2 Å². The van der Waals surface area contributed by atoms with Crippen LogP contribution in [-0.2, 0) is 6.54 Å². The van der Waals surface area contributed by atoms with Gasteiger partial charge in [-0.1, -0.05) is 12.1 Å². The summed E-state index contributed by atoms with van der Waals surface area (Å²) in [5.74, 6) is 0.837. The van der Waals surface area contributed by atoms with Crippen molar-refractivity contribution in [3.8, 4) is 0 Å². The van der Waals surface area contributed by atoms with Crippen LogP contribution in [0.4, 0.5) is 5.82 Å². The molecule has 0 amide bonds. The highest BCUT2D eigenvalue weighted by molar-refractivity contribution is 5.88. The summed E-state index contributed by atoms with van der Waals surface area (Å²) in [5.41, 5.74) is 3.75. The van der Waals surface area contributed by atoms with E-state index in [9.17, 15) is 4.79 Å². The highest BCUT2D eigenvalue weighted by atomic mass is 16.1. The highest BCUT2D eigenvalue weighted by Gasteiger charge is 2.16. The zero-order chi connectivity index (χ0) is 11.1. The Morgan fingerprint density at radius 2 is 2.12 bits per heavy atom. The largest absolute Gasteiger partial charge is 0.349 e. The molecule has 1 aliphatic rings. The number of nitrogens with zero attached hydrogens (tertiary/aromatic N) is 3. The van der Waals surface area contributed by atoms with Gasteiger partial charge >= 0.3 is 5.69 Å². The number of aromatic nitrogens is 2. The Balaban J connectivity index is 2.38. The number of hydrogen-bond acceptors (Lipinski definition) is 4. The number of hydrazine groups is 1. The lowest BCUT2D eigenvalue weighted by atomic mass is 10.2. The second-order valence-electron chi connectivity index (χ2n) is 3.95. The predicted octanol–water partition coefficient (Wildman–Crippen LogP) is 0.669. The molecule has 0 atom stereocenters. The fraction of sp³-hybridized carbons (Fsp3) is 0.273. The molecule has 1 aliphatic heterocycles. The van der Waals surface area contributed by atoms with Crippen LogP contribution in [0, 0.1) is 0 Å². The number of anilines is 1. The fourth-order valence-electron chi connectivity index (χ4n) is 1.99. The summed E-state index contributed by atoms with van der Waals surface area (Å²) in [6.07, 6.45) is 0. The summed E-state index contributed by atoms with van der Waals surface area (Å²) in [5, 5.41) is 2.95. The first-order chi connectivity index (χ1) is 7.75. The minimum absolute atomic E-state index is 0.186. The number of hydrogen-bond donors (Lipinski definition) is 1. The normalized spacial score (nSPS) is 15.8. The van der Waals surface area contributed by atoms with Gasteiger partial charge in [0, 0.05) is 25.5 Å². The fourth-order valence-corrected chi connectivity index (χ4v) is 1.99. The van der Waals surface area contributed by atoms with Crippen LogP contribution in [0.3, 0.4) is 0 Å². The van der Waals surface area contributed by atoms with E-state index in [0.717, 1.165) is 23.3 Å². The molecular weight excluding hydrogens is 204 g/mol. The minimum Gasteiger partial charge on any atom is -0.304 e. The molecule has 5 nitrogen and oxygen atoms in total. The lowest BCUT2D eigenvalue weighted by Gasteiger charge is -2.28. The first-order valence-electron chi connectivity index (χ1n) is 5.23. The molecule has 1 N–H and O–H groups in total. The second-order valence-corrected chi connectivity index (χ2v) is 3.95. The van der Waals surface area contributed by atoms with Crippen molar-refractivity contribution in [1.82, 2.24) is 14.6 Å². The Morgan fingerprint density at radius 3 is 3.00 bits per heavy atom. The van der Waals surface area contributed by atoms with E-state index in [-0.39, 0.29) is 5.69 Å². The van der Waals surface area contributed by atoms with E-state index in [1.807, 2.05) is 36.3 Å². The smallest absolute Gasteiger partial charge is 0.304 e. The van der Waals surface area contributed by atoms with Crippen LogP contribution in [0.5, 0.6) is 0 Å². The summed E-state index contributed by atoms with van der Waals surface area (Å²) in [6, 6.07) is 7.66. The van der Waals surface area contributed by atoms with Crippen molar-refractivity contribution in [2.75, 3.05) is 19.0 Å². The lowest BCUT2D eigenvalue weighted by Crippen LogP contribution is -2.40. The standard InChI is InChI=1S/C11H12N4O/c1-14-6-7-15-10(13-14)8-4-2-3-5-9(8)12-11(15)16/h2-5,13H,6-7H2,1H3. The quantitative estimate of drug-likeness (QED) is 0.703. The number of benzene rings is 1. The van der Waals surface area contributed by atoms with Gasteiger partial charge in [-0.15, -0.1) is 0 Å². The van der Waals surface area contributed by atoms with Gasteiger partial charge in [-0.3, -0.25) is 4.57 Å². The van der Waals surface area contributed by atoms with Gasteiger partial charge in [-0.05, 0) is 12.1 Å². The van der Waals surface area contributed by atoms with Gasteiger partial charge in [-0.2, -0.15) is 4.98 Å². The van der Waals surface area contributed by atoms with Gasteiger partial charge in [0.05, 0.1) is 5.52 Å². The Hall–Kier alpha value is -1.88. The summed E-state index contributed by atoms with van der Waals surface area (Å²) in [7, 11) is 1.96. The van der Waals surface area contributed by atoms with Crippen LogP contribution >= 0.6 is 0 Å². The maximum atomic E-state index is 11.8. The Labute approximate surface area is 92.3 Å². The molecule has 0 spiro atoms. The van der Waals surface area contributed by atoms with Crippen LogP contribution in [0.1, 0.15) is 0 Å². The van der Waals surface area contributed by atoms with Crippen LogP contribution in [0.25, 0.3) is 10.9 Å². The van der Waals surface area contributed by atoms with E-state index in [1.165, 1.54) is 0 Å². The molecule has 5 heteroatoms. The van der Waals surface area contributed by atoms with Crippen molar-refractivity contribution in [2.45, 2.75) is 6.54 Å². The van der Waals surface area contributed by atoms with Gasteiger partial charge in [0.2, 0.25) is 0 Å². The zero-order valence-electron chi connectivity index (χ0n) is 8.97. The van der Waals surface area contributed by atoms with Crippen molar-refractivity contribution in [2.24, 2.45) is 0 Å². The number of fused-ring (bicyclic) bond motifs is 3. The van der Waals surface area contributed by atoms with Crippen molar-refractivity contribution in [1.29, 1.82) is 0 Å². The molecular formula is C11H12N4O. The molecule has 0 fully saturated rings. The first kappa shape index (κ1) is 9.35. The first-order valence-corrected chi connectivity index (χ1v) is 5.23. The Morgan fingerprint density at radius 1 is 1.31 bits per heavy atom. The maximum Gasteiger partial charge on any atom is 0.349 e. The van der Waals surface area contributed by atoms with Crippen molar-refractivity contribution in [3.05, 3.63) is 34.7 Å². The molecule has 82 valence electrons. The van der Waals surface area contributed by atoms with E-state index in [2.05, 4.69) is 10.4 Å². The van der Waals surface area contributed by atoms with Gasteiger partial charge in [0.15, 0.2) is 0 Å². The van der Waals surface area contributed by atoms with Crippen molar-refractivity contribution in [3.63, 3.8) is 0 Å². The van der Waals surface area contributed by atoms with Crippen LogP contribution in [0.2, 0.25) is 0 Å². The molecule has 0 bridgehead atoms. The number of para-hydroxylation sites is 1. The molecule has 2 heterocycles. The molecule has 0 saturated carbocycles. The molecule has 0 saturated heterocycles. The third-order valence-corrected chi connectivity index (χ3v) is 2.83. The SMILES string of the molecule is CN1CCn2c(c3ccccc3nc2=O)N1. The monoisotopic (exact) mass is 216 g/mol. The molecule has 1 aromatic carbocycles. The number of nitrogens with one attached hydrogen (secondary N) is 1. The Kier molecular flexibility index (Phi) is 1.94. The van der Waals surface area contributed by atoms with E-state index in [4.69, 9.17) is 0 Å². The van der Waals surface area contributed by atoms with Crippen LogP contribution < -0.4 is 11.1 Å². The molecule has 2 aromatic rings. The molecule has 0 aliphatic carbocycles. The van der Waals surface area contributed by atoms with Gasteiger partial charge in [0.25, 0.3) is 0 Å². The minimum atomic E-state index is -0.186. The lowest BCUT2D eigenvalue weighted by molar-refractivity contribution is 0.342. The van der Waals surface area contributed by atoms with Crippen LogP contribution in [0.15, 0.2) is 29.1 Å². The summed E-state index contributed by atoms with van der Waals surface area (Å²) < 4.78 is 1.68. The number of rotatable bonds is 0. The average molecular weight is 216 g/mol. The average Bonchev–Trinajstić information content (AvgIpc) is 2.29.